The average Bonchev–Trinajstić information content (AvgIpc) is 2.37. The van der Waals surface area contributed by atoms with E-state index in [9.17, 15) is 17.2 Å². The van der Waals surface area contributed by atoms with Crippen molar-refractivity contribution in [1.29, 1.82) is 0 Å². The summed E-state index contributed by atoms with van der Waals surface area (Å²) in [5, 5.41) is 0. The van der Waals surface area contributed by atoms with Crippen molar-refractivity contribution in [3.05, 3.63) is 18.7 Å². The Morgan fingerprint density at radius 3 is 2.45 bits per heavy atom. The van der Waals surface area contributed by atoms with Crippen molar-refractivity contribution >= 4 is 10.0 Å². The van der Waals surface area contributed by atoms with Gasteiger partial charge in [0.1, 0.15) is 6.33 Å². The molecule has 0 N–H and O–H groups in total. The number of aromatic nitrogens is 2. The molecule has 0 fully saturated rings. The van der Waals surface area contributed by atoms with Gasteiger partial charge in [-0.05, 0) is 0 Å². The molecule has 0 bridgehead atoms. The van der Waals surface area contributed by atoms with Crippen LogP contribution in [0.3, 0.4) is 0 Å². The van der Waals surface area contributed by atoms with E-state index in [1.165, 1.54) is 0 Å². The zero-order valence-electron chi connectivity index (χ0n) is 5.18. The average molecular weight is 182 g/mol. The molecule has 0 spiro atoms. The predicted molar refractivity (Wildman–Crippen MR) is 32.5 cm³/mol. The molecular weight excluding hydrogens is 178 g/mol. The number of halogens is 2. The van der Waals surface area contributed by atoms with Crippen molar-refractivity contribution in [2.75, 3.05) is 0 Å². The van der Waals surface area contributed by atoms with E-state index in [0.717, 1.165) is 18.7 Å². The van der Waals surface area contributed by atoms with Gasteiger partial charge in [0.05, 0.1) is 0 Å². The molecule has 11 heavy (non-hydrogen) atoms. The Morgan fingerprint density at radius 2 is 2.09 bits per heavy atom. The van der Waals surface area contributed by atoms with Crippen molar-refractivity contribution < 1.29 is 17.2 Å². The summed E-state index contributed by atoms with van der Waals surface area (Å²) in [5.41, 5.74) is 0. The summed E-state index contributed by atoms with van der Waals surface area (Å²) in [5.74, 6) is -3.41. The quantitative estimate of drug-likeness (QED) is 0.660. The summed E-state index contributed by atoms with van der Waals surface area (Å²) in [4.78, 5) is 3.32. The van der Waals surface area contributed by atoms with E-state index < -0.39 is 15.8 Å². The second-order valence-corrected chi connectivity index (χ2v) is 3.51. The second kappa shape index (κ2) is 2.57. The first-order chi connectivity index (χ1) is 5.05. The van der Waals surface area contributed by atoms with E-state index >= 15 is 0 Å². The predicted octanol–water partition coefficient (Wildman–Crippen LogP) is 0.284. The van der Waals surface area contributed by atoms with E-state index in [4.69, 9.17) is 0 Å². The summed E-state index contributed by atoms with van der Waals surface area (Å²) in [7, 11) is -4.51. The van der Waals surface area contributed by atoms with Gasteiger partial charge in [0.15, 0.2) is 0 Å². The maximum atomic E-state index is 11.7. The SMILES string of the molecule is O=S(=O)(C(F)F)n1ccnc1. The van der Waals surface area contributed by atoms with Gasteiger partial charge < -0.3 is 0 Å². The van der Waals surface area contributed by atoms with Crippen LogP contribution < -0.4 is 0 Å². The van der Waals surface area contributed by atoms with Crippen LogP contribution in [0.4, 0.5) is 8.78 Å². The van der Waals surface area contributed by atoms with Crippen LogP contribution >= 0.6 is 0 Å². The number of rotatable bonds is 2. The van der Waals surface area contributed by atoms with E-state index in [0.29, 0.717) is 3.97 Å². The van der Waals surface area contributed by atoms with E-state index in [1.54, 1.807) is 0 Å². The van der Waals surface area contributed by atoms with E-state index in [-0.39, 0.29) is 0 Å². The summed E-state index contributed by atoms with van der Waals surface area (Å²) < 4.78 is 45.0. The fourth-order valence-electron chi connectivity index (χ4n) is 0.489. The lowest BCUT2D eigenvalue weighted by Gasteiger charge is -2.00. The first kappa shape index (κ1) is 8.12. The van der Waals surface area contributed by atoms with Gasteiger partial charge in [0.2, 0.25) is 0 Å². The van der Waals surface area contributed by atoms with Crippen LogP contribution in [0.1, 0.15) is 0 Å². The second-order valence-electron chi connectivity index (χ2n) is 1.70. The highest BCUT2D eigenvalue weighted by Gasteiger charge is 2.25. The lowest BCUT2D eigenvalue weighted by atomic mass is 11.0. The molecule has 1 heterocycles. The Hall–Kier alpha value is -0.980. The molecule has 7 heteroatoms. The molecule has 62 valence electrons. The summed E-state index contributed by atoms with van der Waals surface area (Å²) >= 11 is 0. The molecule has 1 aromatic heterocycles. The van der Waals surface area contributed by atoms with Gasteiger partial charge in [-0.1, -0.05) is 0 Å². The third-order valence-electron chi connectivity index (χ3n) is 0.999. The minimum Gasteiger partial charge on any atom is -0.244 e. The molecule has 0 amide bonds. The summed E-state index contributed by atoms with van der Waals surface area (Å²) in [6.07, 6.45) is 2.86. The molecule has 0 unspecified atom stereocenters. The Morgan fingerprint density at radius 1 is 1.45 bits per heavy atom. The molecule has 4 nitrogen and oxygen atoms in total. The fourth-order valence-corrected chi connectivity index (χ4v) is 1.08. The molecule has 0 radical (unpaired) electrons. The van der Waals surface area contributed by atoms with Crippen molar-refractivity contribution in [3.8, 4) is 0 Å². The largest absolute Gasteiger partial charge is 0.355 e. The Labute approximate surface area is 61.5 Å². The Balaban J connectivity index is 3.12. The molecule has 0 aromatic carbocycles. The number of nitrogens with zero attached hydrogens (tertiary/aromatic N) is 2. The first-order valence-electron chi connectivity index (χ1n) is 2.55. The maximum absolute atomic E-state index is 11.7. The smallest absolute Gasteiger partial charge is 0.244 e. The number of hydrogen-bond acceptors (Lipinski definition) is 3. The number of hydrogen-bond donors (Lipinski definition) is 0. The molecule has 0 saturated heterocycles. The molecule has 0 aliphatic carbocycles. The lowest BCUT2D eigenvalue weighted by molar-refractivity contribution is 0.233. The van der Waals surface area contributed by atoms with Gasteiger partial charge in [0.25, 0.3) is 0 Å². The van der Waals surface area contributed by atoms with Gasteiger partial charge in [0, 0.05) is 12.4 Å². The van der Waals surface area contributed by atoms with Crippen LogP contribution in [-0.2, 0) is 10.0 Å². The monoisotopic (exact) mass is 182 g/mol. The van der Waals surface area contributed by atoms with Crippen LogP contribution in [0.15, 0.2) is 18.7 Å². The Bertz CT molecular complexity index is 318. The third-order valence-corrected chi connectivity index (χ3v) is 2.25. The lowest BCUT2D eigenvalue weighted by Crippen LogP contribution is -2.18. The van der Waals surface area contributed by atoms with Crippen molar-refractivity contribution in [1.82, 2.24) is 8.96 Å². The van der Waals surface area contributed by atoms with Crippen molar-refractivity contribution in [2.45, 2.75) is 5.76 Å². The van der Waals surface area contributed by atoms with Crippen LogP contribution in [-0.4, -0.2) is 23.1 Å². The van der Waals surface area contributed by atoms with Crippen molar-refractivity contribution in [2.24, 2.45) is 0 Å². The molecular formula is C4H4F2N2O2S. The Kier molecular flexibility index (Phi) is 1.90. The highest BCUT2D eigenvalue weighted by atomic mass is 32.2. The highest BCUT2D eigenvalue weighted by molar-refractivity contribution is 7.90. The van der Waals surface area contributed by atoms with Crippen LogP contribution in [0.5, 0.6) is 0 Å². The topological polar surface area (TPSA) is 52.0 Å². The normalized spacial score (nSPS) is 12.3. The fraction of sp³-hybridized carbons (Fsp3) is 0.250. The maximum Gasteiger partial charge on any atom is 0.355 e. The van der Waals surface area contributed by atoms with Crippen molar-refractivity contribution in [3.63, 3.8) is 0 Å². The molecule has 0 saturated carbocycles. The number of imidazole rings is 1. The standard InChI is InChI=1S/C4H4F2N2O2S/c5-4(6)11(9,10)8-2-1-7-3-8/h1-4H. The molecule has 0 aliphatic heterocycles. The minimum atomic E-state index is -4.51. The highest BCUT2D eigenvalue weighted by Crippen LogP contribution is 2.07. The molecule has 1 aromatic rings. The first-order valence-corrected chi connectivity index (χ1v) is 4.06. The zero-order valence-corrected chi connectivity index (χ0v) is 6.00. The van der Waals surface area contributed by atoms with E-state index in [2.05, 4.69) is 4.98 Å². The summed E-state index contributed by atoms with van der Waals surface area (Å²) in [6.45, 7) is 0. The molecule has 1 rings (SSSR count). The van der Waals surface area contributed by atoms with Crippen LogP contribution in [0, 0.1) is 0 Å². The summed E-state index contributed by atoms with van der Waals surface area (Å²) in [6, 6.07) is 0. The molecule has 0 atom stereocenters. The zero-order chi connectivity index (χ0) is 8.48. The molecule has 0 aliphatic rings. The minimum absolute atomic E-state index is 0.373. The van der Waals surface area contributed by atoms with Crippen LogP contribution in [0.25, 0.3) is 0 Å². The van der Waals surface area contributed by atoms with Gasteiger partial charge >= 0.3 is 15.8 Å². The van der Waals surface area contributed by atoms with Crippen LogP contribution in [0.2, 0.25) is 0 Å². The van der Waals surface area contributed by atoms with Gasteiger partial charge in [-0.15, -0.1) is 0 Å². The van der Waals surface area contributed by atoms with Gasteiger partial charge in [-0.25, -0.2) is 8.96 Å². The third kappa shape index (κ3) is 1.37. The van der Waals surface area contributed by atoms with Gasteiger partial charge in [-0.3, -0.25) is 0 Å². The van der Waals surface area contributed by atoms with Gasteiger partial charge in [-0.2, -0.15) is 17.2 Å². The van der Waals surface area contributed by atoms with E-state index in [1.807, 2.05) is 0 Å². The number of alkyl halides is 2.